The Hall–Kier alpha value is -1.65. The molecule has 0 amide bonds. The molecule has 1 unspecified atom stereocenters. The van der Waals surface area contributed by atoms with Crippen LogP contribution in [0.1, 0.15) is 18.0 Å². The van der Waals surface area contributed by atoms with Crippen LogP contribution in [-0.2, 0) is 0 Å². The van der Waals surface area contributed by atoms with Crippen LogP contribution in [0.5, 0.6) is 5.75 Å². The van der Waals surface area contributed by atoms with Crippen LogP contribution in [0, 0.1) is 0 Å². The zero-order valence-corrected chi connectivity index (χ0v) is 11.0. The number of para-hydroxylation sites is 1. The third kappa shape index (κ3) is 2.41. The Balaban J connectivity index is 1.95. The van der Waals surface area contributed by atoms with Gasteiger partial charge >= 0.3 is 0 Å². The number of piperazine rings is 1. The van der Waals surface area contributed by atoms with E-state index < -0.39 is 0 Å². The van der Waals surface area contributed by atoms with Gasteiger partial charge in [0.05, 0.1) is 11.8 Å². The van der Waals surface area contributed by atoms with Crippen molar-refractivity contribution in [3.8, 4) is 5.75 Å². The maximum absolute atomic E-state index is 5.51. The second kappa shape index (κ2) is 5.55. The highest BCUT2D eigenvalue weighted by Gasteiger charge is 2.31. The van der Waals surface area contributed by atoms with Crippen molar-refractivity contribution in [3.05, 3.63) is 42.5 Å². The molecule has 4 nitrogen and oxygen atoms in total. The molecule has 2 aliphatic heterocycles. The van der Waals surface area contributed by atoms with E-state index in [1.54, 1.807) is 0 Å². The lowest BCUT2D eigenvalue weighted by molar-refractivity contribution is 0.196. The summed E-state index contributed by atoms with van der Waals surface area (Å²) in [6.45, 7) is 7.95. The summed E-state index contributed by atoms with van der Waals surface area (Å²) < 4.78 is 0. The van der Waals surface area contributed by atoms with E-state index in [9.17, 15) is 0 Å². The molecule has 1 aromatic carbocycles. The molecule has 0 saturated carbocycles. The van der Waals surface area contributed by atoms with E-state index in [1.807, 2.05) is 18.2 Å². The topological polar surface area (TPSA) is 36.9 Å². The molecular weight excluding hydrogens is 238 g/mol. The van der Waals surface area contributed by atoms with Crippen LogP contribution >= 0.6 is 0 Å². The number of nitrogens with one attached hydrogen (secondary N) is 1. The maximum Gasteiger partial charge on any atom is 0.163 e. The summed E-state index contributed by atoms with van der Waals surface area (Å²) in [6.07, 6.45) is 2.66. The number of oxime groups is 1. The number of nitrogens with zero attached hydrogens (tertiary/aromatic N) is 2. The first-order valence-electron chi connectivity index (χ1n) is 6.78. The largest absolute Gasteiger partial charge is 0.357 e. The normalized spacial score (nSPS) is 23.2. The Morgan fingerprint density at radius 2 is 2.16 bits per heavy atom. The highest BCUT2D eigenvalue weighted by Crippen LogP contribution is 2.35. The third-order valence-electron chi connectivity index (χ3n) is 3.66. The minimum Gasteiger partial charge on any atom is -0.357 e. The number of benzene rings is 1. The molecule has 2 heterocycles. The van der Waals surface area contributed by atoms with Gasteiger partial charge in [0, 0.05) is 38.2 Å². The van der Waals surface area contributed by atoms with Gasteiger partial charge in [0.15, 0.2) is 5.75 Å². The van der Waals surface area contributed by atoms with Gasteiger partial charge in [-0.15, -0.1) is 6.58 Å². The fourth-order valence-corrected chi connectivity index (χ4v) is 2.77. The molecule has 1 fully saturated rings. The van der Waals surface area contributed by atoms with Crippen molar-refractivity contribution in [1.82, 2.24) is 10.2 Å². The van der Waals surface area contributed by atoms with Gasteiger partial charge in [-0.1, -0.05) is 29.4 Å². The fraction of sp³-hybridized carbons (Fsp3) is 0.400. The molecule has 1 aromatic rings. The molecule has 19 heavy (non-hydrogen) atoms. The third-order valence-corrected chi connectivity index (χ3v) is 3.66. The second-order valence-electron chi connectivity index (χ2n) is 4.89. The van der Waals surface area contributed by atoms with Crippen LogP contribution in [0.2, 0.25) is 0 Å². The Bertz CT molecular complexity index is 492. The van der Waals surface area contributed by atoms with Crippen molar-refractivity contribution >= 4 is 5.71 Å². The monoisotopic (exact) mass is 257 g/mol. The summed E-state index contributed by atoms with van der Waals surface area (Å²) in [5.41, 5.74) is 2.27. The lowest BCUT2D eigenvalue weighted by Gasteiger charge is -2.37. The van der Waals surface area contributed by atoms with Gasteiger partial charge < -0.3 is 10.2 Å². The smallest absolute Gasteiger partial charge is 0.163 e. The van der Waals surface area contributed by atoms with Gasteiger partial charge in [-0.2, -0.15) is 0 Å². The van der Waals surface area contributed by atoms with Gasteiger partial charge in [0.2, 0.25) is 0 Å². The molecule has 0 aromatic heterocycles. The van der Waals surface area contributed by atoms with Gasteiger partial charge in [0.25, 0.3) is 0 Å². The average Bonchev–Trinajstić information content (AvgIpc) is 2.48. The molecule has 1 atom stereocenters. The van der Waals surface area contributed by atoms with Crippen LogP contribution < -0.4 is 10.2 Å². The first-order valence-corrected chi connectivity index (χ1v) is 6.78. The summed E-state index contributed by atoms with van der Waals surface area (Å²) >= 11 is 0. The summed E-state index contributed by atoms with van der Waals surface area (Å²) in [5.74, 6) is 0.874. The zero-order valence-electron chi connectivity index (χ0n) is 11.0. The van der Waals surface area contributed by atoms with Crippen LogP contribution in [-0.4, -0.2) is 36.8 Å². The highest BCUT2D eigenvalue weighted by atomic mass is 16.6. The van der Waals surface area contributed by atoms with Crippen molar-refractivity contribution < 1.29 is 4.84 Å². The Morgan fingerprint density at radius 3 is 2.95 bits per heavy atom. The molecule has 0 spiro atoms. The highest BCUT2D eigenvalue weighted by molar-refractivity contribution is 5.92. The summed E-state index contributed by atoms with van der Waals surface area (Å²) in [4.78, 5) is 7.98. The Morgan fingerprint density at radius 1 is 1.37 bits per heavy atom. The lowest BCUT2D eigenvalue weighted by Crippen LogP contribution is -2.47. The maximum atomic E-state index is 5.51. The SMILES string of the molecule is C=CCC1=NOc2ccccc2C1N1CCNCC1. The Labute approximate surface area is 113 Å². The average molecular weight is 257 g/mol. The molecule has 0 radical (unpaired) electrons. The molecule has 4 heteroatoms. The number of hydrogen-bond donors (Lipinski definition) is 1. The van der Waals surface area contributed by atoms with E-state index in [2.05, 4.69) is 34.1 Å². The standard InChI is InChI=1S/C15H19N3O/c1-2-5-13-15(18-10-8-16-9-11-18)12-6-3-4-7-14(12)19-17-13/h2-4,6-7,15-16H,1,5,8-11H2. The quantitative estimate of drug-likeness (QED) is 0.841. The summed E-state index contributed by atoms with van der Waals surface area (Å²) in [5, 5.41) is 7.69. The van der Waals surface area contributed by atoms with Gasteiger partial charge in [-0.25, -0.2) is 0 Å². The van der Waals surface area contributed by atoms with Crippen molar-refractivity contribution in [2.45, 2.75) is 12.5 Å². The van der Waals surface area contributed by atoms with Gasteiger partial charge in [-0.05, 0) is 6.07 Å². The number of rotatable bonds is 3. The minimum atomic E-state index is 0.227. The fourth-order valence-electron chi connectivity index (χ4n) is 2.77. The summed E-state index contributed by atoms with van der Waals surface area (Å²) in [7, 11) is 0. The zero-order chi connectivity index (χ0) is 13.1. The van der Waals surface area contributed by atoms with E-state index in [0.29, 0.717) is 0 Å². The molecule has 1 N–H and O–H groups in total. The van der Waals surface area contributed by atoms with E-state index in [4.69, 9.17) is 4.84 Å². The predicted octanol–water partition coefficient (Wildman–Crippen LogP) is 1.96. The van der Waals surface area contributed by atoms with Crippen LogP contribution in [0.4, 0.5) is 0 Å². The first-order chi connectivity index (χ1) is 9.40. The first kappa shape index (κ1) is 12.4. The molecule has 0 bridgehead atoms. The van der Waals surface area contributed by atoms with Crippen molar-refractivity contribution in [1.29, 1.82) is 0 Å². The predicted molar refractivity (Wildman–Crippen MR) is 76.5 cm³/mol. The number of fused-ring (bicyclic) bond motifs is 1. The molecule has 2 aliphatic rings. The van der Waals surface area contributed by atoms with Crippen molar-refractivity contribution in [2.24, 2.45) is 5.16 Å². The van der Waals surface area contributed by atoms with Gasteiger partial charge in [-0.3, -0.25) is 4.90 Å². The molecule has 0 aliphatic carbocycles. The van der Waals surface area contributed by atoms with Crippen LogP contribution in [0.15, 0.2) is 42.1 Å². The van der Waals surface area contributed by atoms with E-state index >= 15 is 0 Å². The Kier molecular flexibility index (Phi) is 3.62. The lowest BCUT2D eigenvalue weighted by atomic mass is 9.96. The molecule has 1 saturated heterocycles. The minimum absolute atomic E-state index is 0.227. The number of allylic oxidation sites excluding steroid dienone is 1. The van der Waals surface area contributed by atoms with Crippen molar-refractivity contribution in [3.63, 3.8) is 0 Å². The summed E-state index contributed by atoms with van der Waals surface area (Å²) in [6, 6.07) is 8.40. The van der Waals surface area contributed by atoms with E-state index in [1.165, 1.54) is 5.56 Å². The van der Waals surface area contributed by atoms with E-state index in [-0.39, 0.29) is 6.04 Å². The van der Waals surface area contributed by atoms with E-state index in [0.717, 1.165) is 44.1 Å². The number of hydrogen-bond acceptors (Lipinski definition) is 4. The molecule has 100 valence electrons. The van der Waals surface area contributed by atoms with Crippen molar-refractivity contribution in [2.75, 3.05) is 26.2 Å². The van der Waals surface area contributed by atoms with Crippen LogP contribution in [0.25, 0.3) is 0 Å². The van der Waals surface area contributed by atoms with Crippen LogP contribution in [0.3, 0.4) is 0 Å². The molecule has 3 rings (SSSR count). The molecular formula is C15H19N3O. The second-order valence-corrected chi connectivity index (χ2v) is 4.89. The van der Waals surface area contributed by atoms with Gasteiger partial charge in [0.1, 0.15) is 0 Å².